The van der Waals surface area contributed by atoms with Gasteiger partial charge in [0.15, 0.2) is 5.16 Å². The highest BCUT2D eigenvalue weighted by molar-refractivity contribution is 7.99. The summed E-state index contributed by atoms with van der Waals surface area (Å²) in [5.41, 5.74) is 0. The Morgan fingerprint density at radius 3 is 2.77 bits per heavy atom. The Morgan fingerprint density at radius 2 is 2.00 bits per heavy atom. The number of para-hydroxylation sites is 1. The second-order valence-electron chi connectivity index (χ2n) is 6.49. The number of nitrogens with one attached hydrogen (secondary N) is 1. The van der Waals surface area contributed by atoms with Gasteiger partial charge >= 0.3 is 0 Å². The molecule has 0 atom stereocenters. The summed E-state index contributed by atoms with van der Waals surface area (Å²) in [7, 11) is 0. The van der Waals surface area contributed by atoms with Crippen LogP contribution in [0.2, 0.25) is 0 Å². The summed E-state index contributed by atoms with van der Waals surface area (Å²) in [5.74, 6) is 2.08. The van der Waals surface area contributed by atoms with Crippen molar-refractivity contribution in [3.8, 4) is 5.75 Å². The number of aryl methyl sites for hydroxylation is 1. The van der Waals surface area contributed by atoms with Gasteiger partial charge in [-0.15, -0.1) is 10.2 Å². The van der Waals surface area contributed by atoms with E-state index in [2.05, 4.69) is 20.1 Å². The van der Waals surface area contributed by atoms with Crippen LogP contribution in [-0.4, -0.2) is 39.6 Å². The zero-order valence-electron chi connectivity index (χ0n) is 15.2. The molecule has 7 heteroatoms. The lowest BCUT2D eigenvalue weighted by Crippen LogP contribution is -2.29. The lowest BCUT2D eigenvalue weighted by Gasteiger charge is -2.24. The minimum absolute atomic E-state index is 0.0116. The Morgan fingerprint density at radius 1 is 1.23 bits per heavy atom. The third kappa shape index (κ3) is 5.24. The van der Waals surface area contributed by atoms with Crippen molar-refractivity contribution in [3.05, 3.63) is 36.2 Å². The van der Waals surface area contributed by atoms with Crippen molar-refractivity contribution in [1.82, 2.24) is 20.1 Å². The molecule has 3 rings (SSSR count). The fraction of sp³-hybridized carbons (Fsp3) is 0.526. The van der Waals surface area contributed by atoms with Crippen molar-refractivity contribution in [3.63, 3.8) is 0 Å². The quantitative estimate of drug-likeness (QED) is 0.567. The number of hydrogen-bond acceptors (Lipinski definition) is 5. The van der Waals surface area contributed by atoms with Crippen LogP contribution in [0, 0.1) is 6.92 Å². The highest BCUT2D eigenvalue weighted by atomic mass is 32.2. The molecule has 0 bridgehead atoms. The first-order valence-electron chi connectivity index (χ1n) is 9.23. The van der Waals surface area contributed by atoms with E-state index >= 15 is 0 Å². The number of aromatic nitrogens is 3. The van der Waals surface area contributed by atoms with Crippen LogP contribution in [0.15, 0.2) is 35.5 Å². The molecule has 1 aromatic carbocycles. The highest BCUT2D eigenvalue weighted by Gasteiger charge is 2.21. The van der Waals surface area contributed by atoms with E-state index in [9.17, 15) is 4.79 Å². The van der Waals surface area contributed by atoms with Crippen molar-refractivity contribution in [2.24, 2.45) is 0 Å². The molecule has 1 fully saturated rings. The number of carbonyl (C=O) groups excluding carboxylic acids is 1. The van der Waals surface area contributed by atoms with Crippen molar-refractivity contribution in [2.45, 2.75) is 50.2 Å². The standard InChI is InChI=1S/C19H26N4O2S/c1-15-21-22-19(23(15)16-8-4-2-5-9-16)26-14-18(24)20-12-13-25-17-10-6-3-7-11-17/h3,6-7,10-11,16H,2,4-5,8-9,12-14H2,1H3,(H,20,24). The molecule has 6 nitrogen and oxygen atoms in total. The van der Waals surface area contributed by atoms with Gasteiger partial charge in [-0.2, -0.15) is 0 Å². The number of amides is 1. The first kappa shape index (κ1) is 18.8. The first-order chi connectivity index (χ1) is 12.7. The molecule has 1 aliphatic rings. The third-order valence-corrected chi connectivity index (χ3v) is 5.49. The summed E-state index contributed by atoms with van der Waals surface area (Å²) in [6.45, 7) is 2.94. The van der Waals surface area contributed by atoms with Gasteiger partial charge in [0.25, 0.3) is 0 Å². The van der Waals surface area contributed by atoms with E-state index in [-0.39, 0.29) is 5.91 Å². The Hall–Kier alpha value is -2.02. The lowest BCUT2D eigenvalue weighted by atomic mass is 9.95. The van der Waals surface area contributed by atoms with Gasteiger partial charge in [0.1, 0.15) is 18.2 Å². The maximum Gasteiger partial charge on any atom is 0.230 e. The van der Waals surface area contributed by atoms with Gasteiger partial charge in [-0.05, 0) is 31.9 Å². The van der Waals surface area contributed by atoms with Gasteiger partial charge in [-0.25, -0.2) is 0 Å². The molecule has 1 saturated carbocycles. The fourth-order valence-electron chi connectivity index (χ4n) is 3.27. The Bertz CT molecular complexity index is 699. The molecule has 1 aliphatic carbocycles. The molecule has 1 N–H and O–H groups in total. The van der Waals surface area contributed by atoms with Crippen LogP contribution in [0.4, 0.5) is 0 Å². The molecule has 2 aromatic rings. The second-order valence-corrected chi connectivity index (χ2v) is 7.43. The van der Waals surface area contributed by atoms with Gasteiger partial charge in [-0.1, -0.05) is 49.2 Å². The summed E-state index contributed by atoms with van der Waals surface area (Å²) in [4.78, 5) is 12.1. The fourth-order valence-corrected chi connectivity index (χ4v) is 4.15. The van der Waals surface area contributed by atoms with E-state index in [1.54, 1.807) is 0 Å². The van der Waals surface area contributed by atoms with Gasteiger partial charge in [0, 0.05) is 6.04 Å². The predicted octanol–water partition coefficient (Wildman–Crippen LogP) is 3.38. The van der Waals surface area contributed by atoms with Crippen molar-refractivity contribution >= 4 is 17.7 Å². The van der Waals surface area contributed by atoms with Crippen LogP contribution in [0.3, 0.4) is 0 Å². The van der Waals surface area contributed by atoms with Crippen LogP contribution >= 0.6 is 11.8 Å². The third-order valence-electron chi connectivity index (χ3n) is 4.54. The molecule has 1 heterocycles. The molecule has 1 aromatic heterocycles. The van der Waals surface area contributed by atoms with E-state index in [1.165, 1.54) is 43.9 Å². The van der Waals surface area contributed by atoms with E-state index in [0.29, 0.717) is 24.9 Å². The topological polar surface area (TPSA) is 69.0 Å². The number of ether oxygens (including phenoxy) is 1. The van der Waals surface area contributed by atoms with Crippen LogP contribution in [-0.2, 0) is 4.79 Å². The van der Waals surface area contributed by atoms with E-state index in [1.807, 2.05) is 37.3 Å². The molecular formula is C19H26N4O2S. The Kier molecular flexibility index (Phi) is 6.94. The maximum atomic E-state index is 12.1. The average Bonchev–Trinajstić information content (AvgIpc) is 3.05. The van der Waals surface area contributed by atoms with Gasteiger partial charge in [0.2, 0.25) is 5.91 Å². The molecule has 0 spiro atoms. The monoisotopic (exact) mass is 374 g/mol. The summed E-state index contributed by atoms with van der Waals surface area (Å²) in [6.07, 6.45) is 6.18. The highest BCUT2D eigenvalue weighted by Crippen LogP contribution is 2.32. The van der Waals surface area contributed by atoms with Crippen molar-refractivity contribution in [1.29, 1.82) is 0 Å². The SMILES string of the molecule is Cc1nnc(SCC(=O)NCCOc2ccccc2)n1C1CCCCC1. The van der Waals surface area contributed by atoms with Gasteiger partial charge in [0.05, 0.1) is 12.3 Å². The molecule has 140 valence electrons. The van der Waals surface area contributed by atoms with Crippen molar-refractivity contribution in [2.75, 3.05) is 18.9 Å². The number of nitrogens with zero attached hydrogens (tertiary/aromatic N) is 3. The number of rotatable bonds is 8. The zero-order valence-corrected chi connectivity index (χ0v) is 16.0. The normalized spacial score (nSPS) is 15.0. The van der Waals surface area contributed by atoms with Crippen LogP contribution in [0.5, 0.6) is 5.75 Å². The number of carbonyl (C=O) groups is 1. The first-order valence-corrected chi connectivity index (χ1v) is 10.2. The molecule has 26 heavy (non-hydrogen) atoms. The van der Waals surface area contributed by atoms with E-state index in [4.69, 9.17) is 4.74 Å². The smallest absolute Gasteiger partial charge is 0.230 e. The molecule has 0 radical (unpaired) electrons. The van der Waals surface area contributed by atoms with Crippen LogP contribution in [0.1, 0.15) is 44.0 Å². The minimum Gasteiger partial charge on any atom is -0.492 e. The lowest BCUT2D eigenvalue weighted by molar-refractivity contribution is -0.118. The largest absolute Gasteiger partial charge is 0.492 e. The molecule has 0 aliphatic heterocycles. The summed E-state index contributed by atoms with van der Waals surface area (Å²) in [5, 5.41) is 12.2. The predicted molar refractivity (Wildman–Crippen MR) is 103 cm³/mol. The maximum absolute atomic E-state index is 12.1. The van der Waals surface area contributed by atoms with Gasteiger partial charge < -0.3 is 14.6 Å². The molecule has 1 amide bonds. The molecule has 0 saturated heterocycles. The zero-order chi connectivity index (χ0) is 18.2. The Labute approximate surface area is 158 Å². The van der Waals surface area contributed by atoms with Gasteiger partial charge in [-0.3, -0.25) is 4.79 Å². The number of hydrogen-bond donors (Lipinski definition) is 1. The van der Waals surface area contributed by atoms with Crippen LogP contribution < -0.4 is 10.1 Å². The number of benzene rings is 1. The molecular weight excluding hydrogens is 348 g/mol. The van der Waals surface area contributed by atoms with E-state index < -0.39 is 0 Å². The van der Waals surface area contributed by atoms with Crippen LogP contribution in [0.25, 0.3) is 0 Å². The minimum atomic E-state index is -0.0116. The van der Waals surface area contributed by atoms with Crippen molar-refractivity contribution < 1.29 is 9.53 Å². The van der Waals surface area contributed by atoms with E-state index in [0.717, 1.165) is 16.7 Å². The number of thioether (sulfide) groups is 1. The summed E-state index contributed by atoms with van der Waals surface area (Å²) < 4.78 is 7.79. The molecule has 0 unspecified atom stereocenters. The summed E-state index contributed by atoms with van der Waals surface area (Å²) in [6, 6.07) is 10.1. The summed E-state index contributed by atoms with van der Waals surface area (Å²) >= 11 is 1.46. The second kappa shape index (κ2) is 9.62. The Balaban J connectivity index is 1.42. The average molecular weight is 375 g/mol.